The van der Waals surface area contributed by atoms with Crippen molar-refractivity contribution in [3.8, 4) is 11.5 Å². The van der Waals surface area contributed by atoms with Crippen LogP contribution in [0, 0.1) is 0 Å². The molecule has 6 heteroatoms. The first-order valence-corrected chi connectivity index (χ1v) is 15.4. The second-order valence-electron chi connectivity index (χ2n) is 10.5. The van der Waals surface area contributed by atoms with Crippen molar-refractivity contribution in [3.63, 3.8) is 0 Å². The molecule has 2 heterocycles. The lowest BCUT2D eigenvalue weighted by Crippen LogP contribution is -2.41. The van der Waals surface area contributed by atoms with Crippen molar-refractivity contribution in [3.05, 3.63) is 138 Å². The molecule has 2 atom stereocenters. The highest BCUT2D eigenvalue weighted by Crippen LogP contribution is 2.72. The molecular weight excluding hydrogens is 529 g/mol. The highest BCUT2D eigenvalue weighted by Gasteiger charge is 2.74. The van der Waals surface area contributed by atoms with Crippen molar-refractivity contribution < 1.29 is 14.0 Å². The molecule has 5 nitrogen and oxygen atoms in total. The van der Waals surface area contributed by atoms with Gasteiger partial charge in [0.05, 0.1) is 19.0 Å². The molecule has 1 fully saturated rings. The summed E-state index contributed by atoms with van der Waals surface area (Å²) in [5.74, 6) is 1.25. The summed E-state index contributed by atoms with van der Waals surface area (Å²) in [6.45, 7) is 3.05. The van der Waals surface area contributed by atoms with Gasteiger partial charge in [0.1, 0.15) is 34.5 Å². The second-order valence-corrected chi connectivity index (χ2v) is 14.3. The summed E-state index contributed by atoms with van der Waals surface area (Å²) < 4.78 is 11.0. The maximum absolute atomic E-state index is 12.8. The summed E-state index contributed by atoms with van der Waals surface area (Å²) in [5.41, 5.74) is 0.0891. The largest absolute Gasteiger partial charge is 0.497 e. The minimum atomic E-state index is -2.20. The molecule has 1 saturated heterocycles. The minimum absolute atomic E-state index is 0.299. The van der Waals surface area contributed by atoms with Gasteiger partial charge in [0.2, 0.25) is 0 Å². The summed E-state index contributed by atoms with van der Waals surface area (Å²) in [4.78, 5) is 19.4. The molecular formula is C35H29NO4P+. The van der Waals surface area contributed by atoms with E-state index in [9.17, 15) is 4.79 Å². The number of hydroxylamine groups is 2. The van der Waals surface area contributed by atoms with E-state index in [4.69, 9.17) is 14.0 Å². The predicted octanol–water partition coefficient (Wildman–Crippen LogP) is 6.27. The van der Waals surface area contributed by atoms with E-state index in [-0.39, 0.29) is 5.28 Å². The fraction of sp³-hybridized carbons (Fsp3) is 0.114. The third-order valence-electron chi connectivity index (χ3n) is 8.14. The fourth-order valence-corrected chi connectivity index (χ4v) is 11.2. The Kier molecular flexibility index (Phi) is 6.15. The molecule has 0 bridgehead atoms. The van der Waals surface area contributed by atoms with E-state index >= 15 is 0 Å². The topological polar surface area (TPSA) is 51.7 Å². The standard InChI is InChI=1S/C35H29NO4P/c1-35(41(27-12-6-3-7-13-27,28-14-8-4-9-15-28)29-16-10-5-11-17-29)24-36(35)40-26-19-21-31-30-20-18-25(38-2)22-32(30)34(37)39-33(31)23-26/h3-23H,24H2,1-2H3/q+1. The number of hydrogen-bond donors (Lipinski definition) is 0. The summed E-state index contributed by atoms with van der Waals surface area (Å²) >= 11 is 0. The zero-order valence-electron chi connectivity index (χ0n) is 22.9. The third-order valence-corrected chi connectivity index (χ3v) is 13.2. The molecule has 0 aliphatic carbocycles. The van der Waals surface area contributed by atoms with Crippen LogP contribution in [0.5, 0.6) is 11.5 Å². The highest BCUT2D eigenvalue weighted by atomic mass is 31.2. The molecule has 5 aromatic carbocycles. The molecule has 202 valence electrons. The zero-order chi connectivity index (χ0) is 28.0. The number of benzene rings is 5. The number of hydrogen-bond acceptors (Lipinski definition) is 5. The summed E-state index contributed by atoms with van der Waals surface area (Å²) in [5, 5.41) is 7.86. The van der Waals surface area contributed by atoms with E-state index in [1.807, 2.05) is 30.3 Å². The van der Waals surface area contributed by atoms with Crippen molar-refractivity contribution >= 4 is 44.9 Å². The molecule has 1 aliphatic rings. The maximum atomic E-state index is 12.8. The molecule has 7 rings (SSSR count). The van der Waals surface area contributed by atoms with Gasteiger partial charge in [-0.3, -0.25) is 0 Å². The third kappa shape index (κ3) is 4.04. The Bertz CT molecular complexity index is 1830. The Labute approximate surface area is 238 Å². The van der Waals surface area contributed by atoms with Gasteiger partial charge in [-0.2, -0.15) is 0 Å². The van der Waals surface area contributed by atoms with E-state index < -0.39 is 12.9 Å². The van der Waals surface area contributed by atoms with Gasteiger partial charge in [-0.1, -0.05) is 59.7 Å². The van der Waals surface area contributed by atoms with Crippen LogP contribution in [0.25, 0.3) is 21.7 Å². The predicted molar refractivity (Wildman–Crippen MR) is 167 cm³/mol. The van der Waals surface area contributed by atoms with Crippen LogP contribution in [0.4, 0.5) is 0 Å². The minimum Gasteiger partial charge on any atom is -0.497 e. The van der Waals surface area contributed by atoms with Gasteiger partial charge < -0.3 is 14.0 Å². The average Bonchev–Trinajstić information content (AvgIpc) is 3.68. The zero-order valence-corrected chi connectivity index (χ0v) is 23.8. The van der Waals surface area contributed by atoms with Gasteiger partial charge in [0, 0.05) is 16.8 Å². The first-order chi connectivity index (χ1) is 20.0. The first kappa shape index (κ1) is 25.5. The SMILES string of the molecule is COc1ccc2c(c1)c(=O)oc1cc(ON3CC3(C)[P+](c3ccccc3)(c3ccccc3)c3ccccc3)ccc12. The molecule has 0 amide bonds. The Hall–Kier alpha value is -4.44. The Morgan fingerprint density at radius 2 is 1.22 bits per heavy atom. The van der Waals surface area contributed by atoms with Gasteiger partial charge in [0.25, 0.3) is 0 Å². The van der Waals surface area contributed by atoms with Gasteiger partial charge in [-0.05, 0) is 73.7 Å². The van der Waals surface area contributed by atoms with Gasteiger partial charge in [-0.25, -0.2) is 4.79 Å². The Morgan fingerprint density at radius 3 is 1.78 bits per heavy atom. The van der Waals surface area contributed by atoms with Crippen molar-refractivity contribution in [1.29, 1.82) is 0 Å². The fourth-order valence-electron chi connectivity index (χ4n) is 6.08. The Balaban J connectivity index is 1.32. The number of nitrogens with zero attached hydrogens (tertiary/aromatic N) is 1. The molecule has 0 spiro atoms. The number of fused-ring (bicyclic) bond motifs is 3. The summed E-state index contributed by atoms with van der Waals surface area (Å²) in [6, 6.07) is 43.6. The first-order valence-electron chi connectivity index (χ1n) is 13.6. The van der Waals surface area contributed by atoms with Crippen LogP contribution in [-0.4, -0.2) is 24.0 Å². The lowest BCUT2D eigenvalue weighted by Gasteiger charge is -2.33. The van der Waals surface area contributed by atoms with Crippen LogP contribution in [0.15, 0.2) is 137 Å². The van der Waals surface area contributed by atoms with E-state index in [1.54, 1.807) is 13.2 Å². The summed E-state index contributed by atoms with van der Waals surface area (Å²) in [6.07, 6.45) is 0. The monoisotopic (exact) mass is 558 g/mol. The molecule has 0 saturated carbocycles. The van der Waals surface area contributed by atoms with Crippen LogP contribution in [0.3, 0.4) is 0 Å². The average molecular weight is 559 g/mol. The van der Waals surface area contributed by atoms with E-state index in [0.717, 1.165) is 17.3 Å². The molecule has 1 aromatic heterocycles. The van der Waals surface area contributed by atoms with Gasteiger partial charge >= 0.3 is 5.63 Å². The van der Waals surface area contributed by atoms with Crippen LogP contribution in [0.1, 0.15) is 6.92 Å². The normalized spacial score (nSPS) is 18.3. The quantitative estimate of drug-likeness (QED) is 0.100. The highest BCUT2D eigenvalue weighted by molar-refractivity contribution is 7.97. The van der Waals surface area contributed by atoms with E-state index in [0.29, 0.717) is 22.5 Å². The Morgan fingerprint density at radius 1 is 0.683 bits per heavy atom. The molecule has 0 radical (unpaired) electrons. The number of rotatable bonds is 7. The van der Waals surface area contributed by atoms with Crippen molar-refractivity contribution in [1.82, 2.24) is 5.06 Å². The van der Waals surface area contributed by atoms with E-state index in [2.05, 4.69) is 103 Å². The smallest absolute Gasteiger partial charge is 0.344 e. The second kappa shape index (κ2) is 9.88. The molecule has 6 aromatic rings. The van der Waals surface area contributed by atoms with Gasteiger partial charge in [-0.15, -0.1) is 0 Å². The van der Waals surface area contributed by atoms with Crippen molar-refractivity contribution in [2.45, 2.75) is 12.2 Å². The van der Waals surface area contributed by atoms with E-state index in [1.165, 1.54) is 15.9 Å². The molecule has 41 heavy (non-hydrogen) atoms. The molecule has 0 N–H and O–H groups in total. The van der Waals surface area contributed by atoms with Crippen molar-refractivity contribution in [2.75, 3.05) is 13.7 Å². The van der Waals surface area contributed by atoms with Crippen LogP contribution in [0.2, 0.25) is 0 Å². The van der Waals surface area contributed by atoms with Crippen LogP contribution >= 0.6 is 7.26 Å². The number of ether oxygens (including phenoxy) is 1. The number of methoxy groups -OCH3 is 1. The summed E-state index contributed by atoms with van der Waals surface area (Å²) in [7, 11) is -0.618. The lowest BCUT2D eigenvalue weighted by molar-refractivity contribution is 0.0483. The van der Waals surface area contributed by atoms with Crippen LogP contribution < -0.4 is 31.1 Å². The lowest BCUT2D eigenvalue weighted by atomic mass is 10.1. The maximum Gasteiger partial charge on any atom is 0.344 e. The molecule has 2 unspecified atom stereocenters. The van der Waals surface area contributed by atoms with Crippen molar-refractivity contribution in [2.24, 2.45) is 0 Å². The van der Waals surface area contributed by atoms with Crippen LogP contribution in [-0.2, 0) is 0 Å². The van der Waals surface area contributed by atoms with Gasteiger partial charge in [0.15, 0.2) is 11.0 Å². The molecule has 1 aliphatic heterocycles.